The van der Waals surface area contributed by atoms with Crippen molar-refractivity contribution in [1.82, 2.24) is 10.2 Å². The number of aromatic nitrogens is 2. The Balaban J connectivity index is 2.07. The number of nitrogens with two attached hydrogens (primary N) is 1. The molecule has 17 heavy (non-hydrogen) atoms. The minimum Gasteiger partial charge on any atom is -0.415 e. The summed E-state index contributed by atoms with van der Waals surface area (Å²) in [6.07, 6.45) is 0. The molecule has 0 spiro atoms. The quantitative estimate of drug-likeness (QED) is 0.850. The van der Waals surface area contributed by atoms with Crippen LogP contribution in [0, 0.1) is 11.6 Å². The van der Waals surface area contributed by atoms with E-state index in [4.69, 9.17) is 10.2 Å². The van der Waals surface area contributed by atoms with Gasteiger partial charge in [0.25, 0.3) is 5.22 Å². The third kappa shape index (κ3) is 2.80. The van der Waals surface area contributed by atoms with Gasteiger partial charge < -0.3 is 10.2 Å². The maximum atomic E-state index is 13.3. The lowest BCUT2D eigenvalue weighted by atomic mass is 10.2. The molecule has 0 bridgehead atoms. The first-order valence-corrected chi connectivity index (χ1v) is 5.77. The van der Waals surface area contributed by atoms with Crippen LogP contribution in [0.3, 0.4) is 0 Å². The molecule has 1 aromatic heterocycles. The van der Waals surface area contributed by atoms with Gasteiger partial charge in [0, 0.05) is 11.3 Å². The van der Waals surface area contributed by atoms with E-state index in [0.29, 0.717) is 5.89 Å². The van der Waals surface area contributed by atoms with Crippen molar-refractivity contribution in [2.24, 2.45) is 5.73 Å². The van der Waals surface area contributed by atoms with E-state index in [-0.39, 0.29) is 23.1 Å². The number of benzene rings is 1. The number of thioether (sulfide) groups is 1. The molecule has 0 fully saturated rings. The monoisotopic (exact) mass is 257 g/mol. The number of halogens is 2. The highest BCUT2D eigenvalue weighted by atomic mass is 32.2. The van der Waals surface area contributed by atoms with Crippen LogP contribution in [0.1, 0.15) is 11.5 Å². The van der Waals surface area contributed by atoms with Gasteiger partial charge in [0.15, 0.2) is 0 Å². The average molecular weight is 257 g/mol. The molecule has 1 aromatic carbocycles. The molecule has 0 aliphatic carbocycles. The fourth-order valence-corrected chi connectivity index (χ4v) is 1.98. The minimum absolute atomic E-state index is 0.00926. The van der Waals surface area contributed by atoms with Gasteiger partial charge in [-0.1, -0.05) is 17.8 Å². The first-order chi connectivity index (χ1) is 8.20. The summed E-state index contributed by atoms with van der Waals surface area (Å²) >= 11 is 1.06. The summed E-state index contributed by atoms with van der Waals surface area (Å²) in [5.41, 5.74) is 5.28. The molecule has 1 heterocycles. The van der Waals surface area contributed by atoms with Crippen molar-refractivity contribution in [2.75, 3.05) is 0 Å². The maximum absolute atomic E-state index is 13.3. The molecule has 0 amide bonds. The molecule has 2 N–H and O–H groups in total. The molecular weight excluding hydrogens is 248 g/mol. The largest absolute Gasteiger partial charge is 0.415 e. The minimum atomic E-state index is -0.587. The van der Waals surface area contributed by atoms with Gasteiger partial charge in [0.1, 0.15) is 11.6 Å². The third-order valence-electron chi connectivity index (χ3n) is 2.02. The van der Waals surface area contributed by atoms with E-state index in [9.17, 15) is 8.78 Å². The average Bonchev–Trinajstić information content (AvgIpc) is 2.76. The van der Waals surface area contributed by atoms with Crippen molar-refractivity contribution in [3.63, 3.8) is 0 Å². The molecule has 0 saturated heterocycles. The van der Waals surface area contributed by atoms with Crippen molar-refractivity contribution in [2.45, 2.75) is 17.5 Å². The highest BCUT2D eigenvalue weighted by molar-refractivity contribution is 7.98. The van der Waals surface area contributed by atoms with Gasteiger partial charge >= 0.3 is 0 Å². The van der Waals surface area contributed by atoms with Crippen LogP contribution in [-0.4, -0.2) is 10.2 Å². The number of rotatable bonds is 4. The van der Waals surface area contributed by atoms with Crippen molar-refractivity contribution in [3.05, 3.63) is 41.3 Å². The Hall–Kier alpha value is -1.47. The fourth-order valence-electron chi connectivity index (χ4n) is 1.18. The Morgan fingerprint density at radius 3 is 2.53 bits per heavy atom. The molecule has 0 radical (unpaired) electrons. The zero-order chi connectivity index (χ0) is 12.3. The Kier molecular flexibility index (Phi) is 3.70. The molecule has 4 nitrogen and oxygen atoms in total. The Morgan fingerprint density at radius 2 is 1.94 bits per heavy atom. The Labute approximate surface area is 100 Å². The van der Waals surface area contributed by atoms with Crippen LogP contribution in [0.15, 0.2) is 27.8 Å². The van der Waals surface area contributed by atoms with Gasteiger partial charge in [0.2, 0.25) is 5.89 Å². The van der Waals surface area contributed by atoms with Gasteiger partial charge in [-0.25, -0.2) is 8.78 Å². The summed E-state index contributed by atoms with van der Waals surface area (Å²) in [7, 11) is 0. The molecular formula is C10H9F2N3OS. The van der Waals surface area contributed by atoms with Crippen molar-refractivity contribution in [3.8, 4) is 0 Å². The standard InChI is InChI=1S/C10H9F2N3OS/c11-7-2-1-3-8(12)6(7)5-17-10-15-14-9(4-13)16-10/h1-3H,4-5,13H2. The predicted molar refractivity (Wildman–Crippen MR) is 58.1 cm³/mol. The van der Waals surface area contributed by atoms with Crippen LogP contribution in [0.25, 0.3) is 0 Å². The van der Waals surface area contributed by atoms with E-state index in [1.165, 1.54) is 18.2 Å². The van der Waals surface area contributed by atoms with E-state index in [2.05, 4.69) is 10.2 Å². The third-order valence-corrected chi connectivity index (χ3v) is 2.87. The molecule has 2 aromatic rings. The van der Waals surface area contributed by atoms with E-state index in [0.717, 1.165) is 11.8 Å². The molecule has 0 aliphatic rings. The molecule has 7 heteroatoms. The van der Waals surface area contributed by atoms with Crippen LogP contribution >= 0.6 is 11.8 Å². The van der Waals surface area contributed by atoms with Crippen LogP contribution in [0.2, 0.25) is 0 Å². The van der Waals surface area contributed by atoms with E-state index in [1.807, 2.05) is 0 Å². The zero-order valence-corrected chi connectivity index (χ0v) is 9.51. The van der Waals surface area contributed by atoms with Crippen LogP contribution < -0.4 is 5.73 Å². The second-order valence-corrected chi connectivity index (χ2v) is 4.08. The summed E-state index contributed by atoms with van der Waals surface area (Å²) in [4.78, 5) is 0. The summed E-state index contributed by atoms with van der Waals surface area (Å²) < 4.78 is 31.7. The normalized spacial score (nSPS) is 10.8. The van der Waals surface area contributed by atoms with Crippen molar-refractivity contribution < 1.29 is 13.2 Å². The first-order valence-electron chi connectivity index (χ1n) is 4.79. The lowest BCUT2D eigenvalue weighted by Crippen LogP contribution is -1.95. The number of hydrogen-bond donors (Lipinski definition) is 1. The second kappa shape index (κ2) is 5.24. The predicted octanol–water partition coefficient (Wildman–Crippen LogP) is 2.10. The summed E-state index contributed by atoms with van der Waals surface area (Å²) in [6, 6.07) is 3.73. The van der Waals surface area contributed by atoms with E-state index >= 15 is 0 Å². The van der Waals surface area contributed by atoms with Gasteiger partial charge in [-0.2, -0.15) is 0 Å². The van der Waals surface area contributed by atoms with Crippen LogP contribution in [0.5, 0.6) is 0 Å². The fraction of sp³-hybridized carbons (Fsp3) is 0.200. The van der Waals surface area contributed by atoms with Crippen LogP contribution in [-0.2, 0) is 12.3 Å². The molecule has 0 aliphatic heterocycles. The first kappa shape index (κ1) is 12.0. The number of hydrogen-bond acceptors (Lipinski definition) is 5. The van der Waals surface area contributed by atoms with Gasteiger partial charge in [-0.3, -0.25) is 0 Å². The smallest absolute Gasteiger partial charge is 0.276 e. The van der Waals surface area contributed by atoms with Gasteiger partial charge in [0.05, 0.1) is 6.54 Å². The summed E-state index contributed by atoms with van der Waals surface area (Å²) in [5, 5.41) is 7.57. The highest BCUT2D eigenvalue weighted by Crippen LogP contribution is 2.24. The highest BCUT2D eigenvalue weighted by Gasteiger charge is 2.11. The van der Waals surface area contributed by atoms with E-state index < -0.39 is 11.6 Å². The molecule has 0 saturated carbocycles. The molecule has 90 valence electrons. The van der Waals surface area contributed by atoms with Gasteiger partial charge in [-0.05, 0) is 12.1 Å². The topological polar surface area (TPSA) is 64.9 Å². The maximum Gasteiger partial charge on any atom is 0.276 e. The van der Waals surface area contributed by atoms with Crippen LogP contribution in [0.4, 0.5) is 8.78 Å². The van der Waals surface area contributed by atoms with E-state index in [1.54, 1.807) is 0 Å². The zero-order valence-electron chi connectivity index (χ0n) is 8.69. The summed E-state index contributed by atoms with van der Waals surface area (Å²) in [5.74, 6) is -0.793. The SMILES string of the molecule is NCc1nnc(SCc2c(F)cccc2F)o1. The Bertz CT molecular complexity index is 498. The lowest BCUT2D eigenvalue weighted by Gasteiger charge is -2.01. The molecule has 2 rings (SSSR count). The lowest BCUT2D eigenvalue weighted by molar-refractivity contribution is 0.414. The number of nitrogens with zero attached hydrogens (tertiary/aromatic N) is 2. The molecule has 0 unspecified atom stereocenters. The van der Waals surface area contributed by atoms with Crippen molar-refractivity contribution in [1.29, 1.82) is 0 Å². The molecule has 0 atom stereocenters. The summed E-state index contributed by atoms with van der Waals surface area (Å²) in [6.45, 7) is 0.140. The second-order valence-electron chi connectivity index (χ2n) is 3.15. The van der Waals surface area contributed by atoms with Gasteiger partial charge in [-0.15, -0.1) is 10.2 Å². The Morgan fingerprint density at radius 1 is 1.24 bits per heavy atom. The van der Waals surface area contributed by atoms with Crippen molar-refractivity contribution >= 4 is 11.8 Å².